The highest BCUT2D eigenvalue weighted by Gasteiger charge is 2.20. The topological polar surface area (TPSA) is 103 Å². The maximum Gasteiger partial charge on any atom is 0.396 e. The molecule has 0 aliphatic rings. The maximum atomic E-state index is 11.1. The number of esters is 1. The molecule has 0 aliphatic heterocycles. The Kier molecular flexibility index (Phi) is 4.29. The second-order valence-corrected chi connectivity index (χ2v) is 3.98. The van der Waals surface area contributed by atoms with Crippen LogP contribution < -0.4 is 0 Å². The molecule has 1 unspecified atom stereocenters. The summed E-state index contributed by atoms with van der Waals surface area (Å²) < 4.78 is 9.55. The number of ether oxygens (including phenoxy) is 1. The Balaban J connectivity index is 2.64. The molecule has 0 bridgehead atoms. The number of carbonyl (C=O) groups excluding carboxylic acids is 1. The molecule has 1 aromatic rings. The molecule has 0 saturated heterocycles. The highest BCUT2D eigenvalue weighted by molar-refractivity contribution is 8.00. The Morgan fingerprint density at radius 1 is 1.56 bits per heavy atom. The van der Waals surface area contributed by atoms with Crippen LogP contribution in [0.15, 0.2) is 9.64 Å². The molecule has 0 amide bonds. The molecule has 1 heterocycles. The smallest absolute Gasteiger partial charge is 0.396 e. The quantitative estimate of drug-likeness (QED) is 0.601. The second-order valence-electron chi connectivity index (χ2n) is 2.69. The molecule has 0 aliphatic carbocycles. The van der Waals surface area contributed by atoms with Gasteiger partial charge in [0.15, 0.2) is 0 Å². The van der Waals surface area contributed by atoms with Crippen molar-refractivity contribution < 1.29 is 23.8 Å². The van der Waals surface area contributed by atoms with E-state index in [2.05, 4.69) is 14.9 Å². The van der Waals surface area contributed by atoms with Gasteiger partial charge in [0.05, 0.1) is 6.61 Å². The van der Waals surface area contributed by atoms with Gasteiger partial charge in [-0.15, -0.1) is 5.10 Å². The fourth-order valence-corrected chi connectivity index (χ4v) is 1.35. The third-order valence-electron chi connectivity index (χ3n) is 1.48. The maximum absolute atomic E-state index is 11.1. The molecule has 7 nitrogen and oxygen atoms in total. The summed E-state index contributed by atoms with van der Waals surface area (Å²) in [7, 11) is 0. The van der Waals surface area contributed by atoms with Crippen LogP contribution in [0, 0.1) is 0 Å². The summed E-state index contributed by atoms with van der Waals surface area (Å²) >= 11 is 0.860. The van der Waals surface area contributed by atoms with Gasteiger partial charge in [0.1, 0.15) is 5.25 Å². The van der Waals surface area contributed by atoms with Crippen molar-refractivity contribution >= 4 is 23.7 Å². The van der Waals surface area contributed by atoms with Crippen LogP contribution >= 0.6 is 11.8 Å². The molecule has 1 N–H and O–H groups in total. The third-order valence-corrected chi connectivity index (χ3v) is 2.40. The van der Waals surface area contributed by atoms with E-state index in [0.29, 0.717) is 0 Å². The fraction of sp³-hybridized carbons (Fsp3) is 0.500. The zero-order valence-corrected chi connectivity index (χ0v) is 9.48. The zero-order valence-electron chi connectivity index (χ0n) is 8.67. The standard InChI is InChI=1S/C8H10N2O5S/c1-3-14-7(13)5-9-10-8(15-5)16-4(2)6(11)12/h4H,3H2,1-2H3,(H,11,12). The molecule has 8 heteroatoms. The minimum Gasteiger partial charge on any atom is -0.480 e. The molecule has 16 heavy (non-hydrogen) atoms. The molecular weight excluding hydrogens is 236 g/mol. The van der Waals surface area contributed by atoms with Crippen molar-refractivity contribution in [3.8, 4) is 0 Å². The molecule has 1 atom stereocenters. The van der Waals surface area contributed by atoms with Gasteiger partial charge in [-0.3, -0.25) is 4.79 Å². The minimum absolute atomic E-state index is 0.0259. The van der Waals surface area contributed by atoms with Gasteiger partial charge in [-0.2, -0.15) is 0 Å². The number of carboxylic acid groups (broad SMARTS) is 1. The highest BCUT2D eigenvalue weighted by atomic mass is 32.2. The van der Waals surface area contributed by atoms with Gasteiger partial charge in [0.2, 0.25) is 0 Å². The van der Waals surface area contributed by atoms with Crippen LogP contribution in [-0.4, -0.2) is 39.1 Å². The Morgan fingerprint density at radius 3 is 2.81 bits per heavy atom. The van der Waals surface area contributed by atoms with E-state index in [0.717, 1.165) is 11.8 Å². The molecule has 0 spiro atoms. The predicted molar refractivity (Wildman–Crippen MR) is 53.2 cm³/mol. The van der Waals surface area contributed by atoms with E-state index in [1.807, 2.05) is 0 Å². The number of rotatable bonds is 5. The Morgan fingerprint density at radius 2 is 2.25 bits per heavy atom. The second kappa shape index (κ2) is 5.50. The summed E-state index contributed by atoms with van der Waals surface area (Å²) in [6.45, 7) is 3.33. The van der Waals surface area contributed by atoms with E-state index in [9.17, 15) is 9.59 Å². The lowest BCUT2D eigenvalue weighted by Crippen LogP contribution is -2.11. The number of carboxylic acids is 1. The summed E-state index contributed by atoms with van der Waals surface area (Å²) in [6.07, 6.45) is 0. The van der Waals surface area contributed by atoms with E-state index in [4.69, 9.17) is 9.52 Å². The molecule has 88 valence electrons. The predicted octanol–water partition coefficient (Wildman–Crippen LogP) is 0.812. The first-order valence-electron chi connectivity index (χ1n) is 4.44. The first-order chi connectivity index (χ1) is 7.54. The number of carbonyl (C=O) groups is 2. The van der Waals surface area contributed by atoms with Gasteiger partial charge < -0.3 is 14.3 Å². The van der Waals surface area contributed by atoms with Crippen molar-refractivity contribution in [1.29, 1.82) is 0 Å². The Hall–Kier alpha value is -1.57. The normalized spacial score (nSPS) is 12.1. The number of hydrogen-bond donors (Lipinski definition) is 1. The van der Waals surface area contributed by atoms with Crippen LogP contribution in [0.1, 0.15) is 24.5 Å². The van der Waals surface area contributed by atoms with Crippen molar-refractivity contribution in [2.45, 2.75) is 24.3 Å². The average Bonchev–Trinajstić information content (AvgIpc) is 2.66. The number of aliphatic carboxylic acids is 1. The van der Waals surface area contributed by atoms with E-state index >= 15 is 0 Å². The van der Waals surface area contributed by atoms with Crippen molar-refractivity contribution in [2.75, 3.05) is 6.61 Å². The lowest BCUT2D eigenvalue weighted by molar-refractivity contribution is -0.136. The van der Waals surface area contributed by atoms with Gasteiger partial charge in [-0.05, 0) is 13.8 Å². The molecule has 0 saturated carbocycles. The molecule has 1 rings (SSSR count). The first-order valence-corrected chi connectivity index (χ1v) is 5.32. The van der Waals surface area contributed by atoms with Crippen LogP contribution in [0.25, 0.3) is 0 Å². The minimum atomic E-state index is -0.999. The van der Waals surface area contributed by atoms with Crippen molar-refractivity contribution in [2.24, 2.45) is 0 Å². The van der Waals surface area contributed by atoms with Crippen LogP contribution in [-0.2, 0) is 9.53 Å². The SMILES string of the molecule is CCOC(=O)c1nnc(SC(C)C(=O)O)o1. The van der Waals surface area contributed by atoms with Crippen LogP contribution in [0.3, 0.4) is 0 Å². The van der Waals surface area contributed by atoms with Crippen LogP contribution in [0.5, 0.6) is 0 Å². The van der Waals surface area contributed by atoms with Gasteiger partial charge in [-0.25, -0.2) is 4.79 Å². The Bertz CT molecular complexity index is 392. The first kappa shape index (κ1) is 12.5. The highest BCUT2D eigenvalue weighted by Crippen LogP contribution is 2.21. The van der Waals surface area contributed by atoms with E-state index in [-0.39, 0.29) is 17.7 Å². The summed E-state index contributed by atoms with van der Waals surface area (Å²) in [6, 6.07) is 0. The lowest BCUT2D eigenvalue weighted by Gasteiger charge is -1.99. The fourth-order valence-electron chi connectivity index (χ4n) is 0.734. The summed E-state index contributed by atoms with van der Waals surface area (Å²) in [5.74, 6) is -1.99. The molecular formula is C8H10N2O5S. The molecule has 1 aromatic heterocycles. The number of thioether (sulfide) groups is 1. The van der Waals surface area contributed by atoms with E-state index < -0.39 is 17.2 Å². The average molecular weight is 246 g/mol. The monoisotopic (exact) mass is 246 g/mol. The largest absolute Gasteiger partial charge is 0.480 e. The summed E-state index contributed by atoms with van der Waals surface area (Å²) in [4.78, 5) is 21.7. The Labute approximate surface area is 95.2 Å². The molecule has 0 radical (unpaired) electrons. The van der Waals surface area contributed by atoms with Gasteiger partial charge >= 0.3 is 17.8 Å². The summed E-state index contributed by atoms with van der Waals surface area (Å²) in [5.41, 5.74) is 0. The van der Waals surface area contributed by atoms with Gasteiger partial charge in [0.25, 0.3) is 5.22 Å². The van der Waals surface area contributed by atoms with Crippen LogP contribution in [0.2, 0.25) is 0 Å². The van der Waals surface area contributed by atoms with E-state index in [1.54, 1.807) is 6.92 Å². The zero-order chi connectivity index (χ0) is 12.1. The lowest BCUT2D eigenvalue weighted by atomic mass is 10.5. The van der Waals surface area contributed by atoms with Crippen molar-refractivity contribution in [3.63, 3.8) is 0 Å². The van der Waals surface area contributed by atoms with Crippen molar-refractivity contribution in [1.82, 2.24) is 10.2 Å². The van der Waals surface area contributed by atoms with Crippen LogP contribution in [0.4, 0.5) is 0 Å². The summed E-state index contributed by atoms with van der Waals surface area (Å²) in [5, 5.41) is 14.9. The van der Waals surface area contributed by atoms with Gasteiger partial charge in [-0.1, -0.05) is 16.9 Å². The molecule has 0 aromatic carbocycles. The van der Waals surface area contributed by atoms with Gasteiger partial charge in [0, 0.05) is 0 Å². The van der Waals surface area contributed by atoms with E-state index in [1.165, 1.54) is 6.92 Å². The van der Waals surface area contributed by atoms with Crippen molar-refractivity contribution in [3.05, 3.63) is 5.89 Å². The molecule has 0 fully saturated rings. The number of nitrogens with zero attached hydrogens (tertiary/aromatic N) is 2. The third kappa shape index (κ3) is 3.23. The number of aromatic nitrogens is 2. The number of hydrogen-bond acceptors (Lipinski definition) is 7.